The lowest BCUT2D eigenvalue weighted by Gasteiger charge is -2.61. The Hall–Kier alpha value is -2.82. The fraction of sp³-hybridized carbons (Fsp3) is 0.364. The molecule has 5 heteroatoms. The summed E-state index contributed by atoms with van der Waals surface area (Å²) in [7, 11) is 1.65. The van der Waals surface area contributed by atoms with Crippen LogP contribution in [0.25, 0.3) is 0 Å². The standard InChI is InChI=1S/C22H22N2O3/c1-27-15-8-6-14(7-9-15)13-24-11-10-22-16-4-2-3-5-19(16)23-20(25)17(22)12-18(22)21(24)26/h2-9,17-18H,10-13H2,1H3,(H,23,25)/t17-,18-,22+/m1/s1. The third-order valence-corrected chi connectivity index (χ3v) is 6.66. The van der Waals surface area contributed by atoms with Crippen LogP contribution in [0, 0.1) is 11.8 Å². The molecule has 2 fully saturated rings. The second-order valence-electron chi connectivity index (χ2n) is 7.77. The number of hydrogen-bond donors (Lipinski definition) is 1. The number of carbonyl (C=O) groups excluding carboxylic acids is 2. The zero-order valence-electron chi connectivity index (χ0n) is 15.3. The number of likely N-dealkylation sites (tertiary alicyclic amines) is 1. The Kier molecular flexibility index (Phi) is 3.54. The first-order chi connectivity index (χ1) is 13.1. The van der Waals surface area contributed by atoms with Gasteiger partial charge in [-0.05, 0) is 42.2 Å². The van der Waals surface area contributed by atoms with Crippen molar-refractivity contribution in [3.63, 3.8) is 0 Å². The van der Waals surface area contributed by atoms with Gasteiger partial charge in [-0.1, -0.05) is 30.3 Å². The predicted molar refractivity (Wildman–Crippen MR) is 101 cm³/mol. The molecular weight excluding hydrogens is 340 g/mol. The second kappa shape index (κ2) is 5.84. The van der Waals surface area contributed by atoms with Crippen LogP contribution in [0.5, 0.6) is 5.75 Å². The molecule has 2 heterocycles. The highest BCUT2D eigenvalue weighted by Crippen LogP contribution is 2.61. The van der Waals surface area contributed by atoms with Gasteiger partial charge in [-0.25, -0.2) is 0 Å². The van der Waals surface area contributed by atoms with E-state index in [9.17, 15) is 9.59 Å². The molecule has 0 unspecified atom stereocenters. The van der Waals surface area contributed by atoms with Crippen molar-refractivity contribution in [2.75, 3.05) is 19.0 Å². The Morgan fingerprint density at radius 3 is 2.67 bits per heavy atom. The van der Waals surface area contributed by atoms with Gasteiger partial charge in [-0.2, -0.15) is 0 Å². The van der Waals surface area contributed by atoms with Crippen molar-refractivity contribution in [1.29, 1.82) is 0 Å². The van der Waals surface area contributed by atoms with Crippen LogP contribution in [0.4, 0.5) is 5.69 Å². The highest BCUT2D eigenvalue weighted by atomic mass is 16.5. The van der Waals surface area contributed by atoms with Crippen LogP contribution in [-0.4, -0.2) is 30.4 Å². The van der Waals surface area contributed by atoms with E-state index in [2.05, 4.69) is 11.4 Å². The lowest BCUT2D eigenvalue weighted by Crippen LogP contribution is -2.67. The highest BCUT2D eigenvalue weighted by Gasteiger charge is 2.66. The Morgan fingerprint density at radius 2 is 1.89 bits per heavy atom. The van der Waals surface area contributed by atoms with Gasteiger partial charge in [0.2, 0.25) is 11.8 Å². The number of benzene rings is 2. The average molecular weight is 362 g/mol. The Bertz CT molecular complexity index is 923. The maximum absolute atomic E-state index is 13.3. The van der Waals surface area contributed by atoms with E-state index < -0.39 is 0 Å². The van der Waals surface area contributed by atoms with E-state index in [4.69, 9.17) is 4.74 Å². The number of rotatable bonds is 3. The molecule has 0 bridgehead atoms. The molecule has 1 N–H and O–H groups in total. The van der Waals surface area contributed by atoms with Crippen LogP contribution in [0.2, 0.25) is 0 Å². The zero-order chi connectivity index (χ0) is 18.6. The van der Waals surface area contributed by atoms with Crippen LogP contribution in [0.15, 0.2) is 48.5 Å². The quantitative estimate of drug-likeness (QED) is 0.913. The van der Waals surface area contributed by atoms with Crippen LogP contribution < -0.4 is 10.1 Å². The van der Waals surface area contributed by atoms with Gasteiger partial charge in [0, 0.05) is 36.0 Å². The molecule has 2 aliphatic heterocycles. The predicted octanol–water partition coefficient (Wildman–Crippen LogP) is 2.95. The molecule has 3 aliphatic rings. The number of nitrogens with zero attached hydrogens (tertiary/aromatic N) is 1. The number of para-hydroxylation sites is 1. The van der Waals surface area contributed by atoms with Gasteiger partial charge >= 0.3 is 0 Å². The molecule has 2 aromatic rings. The molecular formula is C22H22N2O3. The van der Waals surface area contributed by atoms with Crippen molar-refractivity contribution in [3.8, 4) is 5.75 Å². The summed E-state index contributed by atoms with van der Waals surface area (Å²) in [5, 5.41) is 3.02. The molecule has 1 spiro atoms. The van der Waals surface area contributed by atoms with Crippen molar-refractivity contribution in [3.05, 3.63) is 59.7 Å². The number of piperidine rings is 1. The van der Waals surface area contributed by atoms with Gasteiger partial charge in [-0.15, -0.1) is 0 Å². The summed E-state index contributed by atoms with van der Waals surface area (Å²) in [5.41, 5.74) is 2.80. The summed E-state index contributed by atoms with van der Waals surface area (Å²) in [6.45, 7) is 1.29. The molecule has 138 valence electrons. The Morgan fingerprint density at radius 1 is 1.11 bits per heavy atom. The average Bonchev–Trinajstić information content (AvgIpc) is 2.66. The number of nitrogens with one attached hydrogen (secondary N) is 1. The topological polar surface area (TPSA) is 58.6 Å². The molecule has 1 saturated heterocycles. The van der Waals surface area contributed by atoms with Gasteiger partial charge in [0.1, 0.15) is 5.75 Å². The molecule has 27 heavy (non-hydrogen) atoms. The van der Waals surface area contributed by atoms with Gasteiger partial charge < -0.3 is 15.0 Å². The summed E-state index contributed by atoms with van der Waals surface area (Å²) in [4.78, 5) is 27.8. The van der Waals surface area contributed by atoms with E-state index in [1.807, 2.05) is 47.4 Å². The number of methoxy groups -OCH3 is 1. The van der Waals surface area contributed by atoms with Gasteiger partial charge in [0.25, 0.3) is 0 Å². The monoisotopic (exact) mass is 362 g/mol. The number of amides is 2. The molecule has 5 rings (SSSR count). The highest BCUT2D eigenvalue weighted by molar-refractivity contribution is 6.01. The lowest BCUT2D eigenvalue weighted by atomic mass is 9.45. The molecule has 2 aromatic carbocycles. The fourth-order valence-electron chi connectivity index (χ4n) is 5.24. The molecule has 3 atom stereocenters. The molecule has 0 aromatic heterocycles. The zero-order valence-corrected chi connectivity index (χ0v) is 15.3. The summed E-state index contributed by atoms with van der Waals surface area (Å²) in [6, 6.07) is 15.8. The van der Waals surface area contributed by atoms with Crippen molar-refractivity contribution in [2.45, 2.75) is 24.8 Å². The normalized spacial score (nSPS) is 28.4. The van der Waals surface area contributed by atoms with Crippen LogP contribution in [0.1, 0.15) is 24.0 Å². The smallest absolute Gasteiger partial charge is 0.228 e. The van der Waals surface area contributed by atoms with Gasteiger partial charge in [0.15, 0.2) is 0 Å². The largest absolute Gasteiger partial charge is 0.497 e. The molecule has 1 aliphatic carbocycles. The number of ether oxygens (including phenoxy) is 1. The summed E-state index contributed by atoms with van der Waals surface area (Å²) in [5.74, 6) is 0.889. The maximum atomic E-state index is 13.3. The van der Waals surface area contributed by atoms with Crippen LogP contribution >= 0.6 is 0 Å². The van der Waals surface area contributed by atoms with E-state index >= 15 is 0 Å². The first-order valence-electron chi connectivity index (χ1n) is 9.45. The minimum atomic E-state index is -0.313. The molecule has 1 saturated carbocycles. The molecule has 5 nitrogen and oxygen atoms in total. The van der Waals surface area contributed by atoms with E-state index in [0.717, 1.165) is 29.0 Å². The number of hydrogen-bond acceptors (Lipinski definition) is 3. The maximum Gasteiger partial charge on any atom is 0.228 e. The van der Waals surface area contributed by atoms with Crippen molar-refractivity contribution in [2.24, 2.45) is 11.8 Å². The second-order valence-corrected chi connectivity index (χ2v) is 7.77. The van der Waals surface area contributed by atoms with Crippen LogP contribution in [-0.2, 0) is 21.5 Å². The minimum absolute atomic E-state index is 0.0707. The number of carbonyl (C=O) groups is 2. The van der Waals surface area contributed by atoms with Gasteiger partial charge in [0.05, 0.1) is 7.11 Å². The van der Waals surface area contributed by atoms with Crippen molar-refractivity contribution in [1.82, 2.24) is 4.90 Å². The van der Waals surface area contributed by atoms with E-state index in [1.165, 1.54) is 0 Å². The van der Waals surface area contributed by atoms with Crippen LogP contribution in [0.3, 0.4) is 0 Å². The SMILES string of the molecule is COc1ccc(CN2CC[C@]34c5ccccc5NC(=O)[C@H]3C[C@@H]4C2=O)cc1. The minimum Gasteiger partial charge on any atom is -0.497 e. The summed E-state index contributed by atoms with van der Waals surface area (Å²) in [6.07, 6.45) is 1.49. The third-order valence-electron chi connectivity index (χ3n) is 6.66. The number of fused-ring (bicyclic) bond motifs is 1. The molecule has 0 radical (unpaired) electrons. The summed E-state index contributed by atoms with van der Waals surface area (Å²) < 4.78 is 5.20. The molecule has 2 amide bonds. The Labute approximate surface area is 158 Å². The summed E-state index contributed by atoms with van der Waals surface area (Å²) >= 11 is 0. The number of anilines is 1. The van der Waals surface area contributed by atoms with Crippen molar-refractivity contribution >= 4 is 17.5 Å². The Balaban J connectivity index is 1.42. The van der Waals surface area contributed by atoms with Crippen molar-refractivity contribution < 1.29 is 14.3 Å². The third kappa shape index (κ3) is 2.24. The van der Waals surface area contributed by atoms with Gasteiger partial charge in [-0.3, -0.25) is 9.59 Å². The first-order valence-corrected chi connectivity index (χ1v) is 9.45. The van der Waals surface area contributed by atoms with E-state index in [1.54, 1.807) is 7.11 Å². The lowest BCUT2D eigenvalue weighted by molar-refractivity contribution is -0.160. The first kappa shape index (κ1) is 16.4. The fourth-order valence-corrected chi connectivity index (χ4v) is 5.24. The van der Waals surface area contributed by atoms with E-state index in [0.29, 0.717) is 19.5 Å². The van der Waals surface area contributed by atoms with E-state index in [-0.39, 0.29) is 29.1 Å².